The van der Waals surface area contributed by atoms with Crippen LogP contribution in [0.5, 0.6) is 0 Å². The van der Waals surface area contributed by atoms with Crippen molar-refractivity contribution < 1.29 is 8.98 Å². The van der Waals surface area contributed by atoms with Gasteiger partial charge in [0.1, 0.15) is 24.3 Å². The fourth-order valence-corrected chi connectivity index (χ4v) is 7.03. The average molecular weight is 532 g/mol. The lowest BCUT2D eigenvalue weighted by molar-refractivity contribution is -0.660. The molecule has 0 unspecified atom stereocenters. The molecule has 4 heteroatoms. The normalized spacial score (nSPS) is 15.8. The Morgan fingerprint density at radius 1 is 0.872 bits per heavy atom. The third kappa shape index (κ3) is 3.90. The first-order valence-corrected chi connectivity index (χ1v) is 14.9. The summed E-state index contributed by atoms with van der Waals surface area (Å²) in [5, 5.41) is 12.6. The SMILES string of the molecule is CSc1cc2c(oc3c(-c4cccc[n+]4C)c(C)ccc32)c(-c2ccc3c(c2)C(C)(C)CCC3(C)C)c1C#N. The Bertz CT molecular complexity index is 1830. The molecule has 0 radical (unpaired) electrons. The predicted molar refractivity (Wildman–Crippen MR) is 162 cm³/mol. The summed E-state index contributed by atoms with van der Waals surface area (Å²) in [4.78, 5) is 0.979. The fraction of sp³-hybridized carbons (Fsp3) is 0.314. The van der Waals surface area contributed by atoms with E-state index in [1.807, 2.05) is 12.3 Å². The molecule has 39 heavy (non-hydrogen) atoms. The van der Waals surface area contributed by atoms with Gasteiger partial charge < -0.3 is 4.42 Å². The molecule has 0 bridgehead atoms. The van der Waals surface area contributed by atoms with Gasteiger partial charge in [0.2, 0.25) is 5.69 Å². The molecule has 1 aliphatic carbocycles. The first-order valence-electron chi connectivity index (χ1n) is 13.6. The van der Waals surface area contributed by atoms with Crippen LogP contribution in [0.1, 0.15) is 62.8 Å². The molecule has 1 aliphatic rings. The lowest BCUT2D eigenvalue weighted by Gasteiger charge is -2.42. The Balaban J connectivity index is 1.73. The topological polar surface area (TPSA) is 40.8 Å². The van der Waals surface area contributed by atoms with Crippen molar-refractivity contribution in [2.45, 2.75) is 63.2 Å². The molecule has 2 aromatic heterocycles. The number of pyridine rings is 1. The highest BCUT2D eigenvalue weighted by Gasteiger charge is 2.37. The van der Waals surface area contributed by atoms with Crippen LogP contribution in [0.3, 0.4) is 0 Å². The van der Waals surface area contributed by atoms with Crippen LogP contribution in [0.15, 0.2) is 70.1 Å². The van der Waals surface area contributed by atoms with Gasteiger partial charge in [-0.25, -0.2) is 4.57 Å². The molecule has 5 aromatic rings. The van der Waals surface area contributed by atoms with Gasteiger partial charge in [-0.3, -0.25) is 0 Å². The second kappa shape index (κ2) is 9.00. The summed E-state index contributed by atoms with van der Waals surface area (Å²) < 4.78 is 9.00. The minimum Gasteiger partial charge on any atom is -0.454 e. The Morgan fingerprint density at radius 2 is 1.59 bits per heavy atom. The average Bonchev–Trinajstić information content (AvgIpc) is 3.28. The van der Waals surface area contributed by atoms with Crippen molar-refractivity contribution in [1.82, 2.24) is 0 Å². The summed E-state index contributed by atoms with van der Waals surface area (Å²) in [7, 11) is 2.07. The van der Waals surface area contributed by atoms with Crippen molar-refractivity contribution in [3.8, 4) is 28.5 Å². The summed E-state index contributed by atoms with van der Waals surface area (Å²) in [6.07, 6.45) is 6.43. The third-order valence-electron chi connectivity index (χ3n) is 8.89. The van der Waals surface area contributed by atoms with E-state index in [-0.39, 0.29) is 10.8 Å². The van der Waals surface area contributed by atoms with Gasteiger partial charge in [-0.2, -0.15) is 5.26 Å². The number of aromatic nitrogens is 1. The highest BCUT2D eigenvalue weighted by molar-refractivity contribution is 7.98. The summed E-state index contributed by atoms with van der Waals surface area (Å²) in [6.45, 7) is 11.5. The maximum Gasteiger partial charge on any atom is 0.216 e. The Hall–Kier alpha value is -3.55. The molecule has 0 atom stereocenters. The minimum atomic E-state index is 0.0735. The second-order valence-electron chi connectivity index (χ2n) is 12.3. The molecule has 0 saturated heterocycles. The van der Waals surface area contributed by atoms with Crippen LogP contribution in [0.25, 0.3) is 44.3 Å². The molecular weight excluding hydrogens is 496 g/mol. The number of hydrogen-bond acceptors (Lipinski definition) is 3. The van der Waals surface area contributed by atoms with Crippen molar-refractivity contribution in [1.29, 1.82) is 5.26 Å². The van der Waals surface area contributed by atoms with Crippen molar-refractivity contribution in [2.24, 2.45) is 7.05 Å². The largest absolute Gasteiger partial charge is 0.454 e. The van der Waals surface area contributed by atoms with Gasteiger partial charge in [0.25, 0.3) is 0 Å². The number of thioether (sulfide) groups is 1. The number of hydrogen-bond donors (Lipinski definition) is 0. The van der Waals surface area contributed by atoms with E-state index in [1.165, 1.54) is 17.5 Å². The van der Waals surface area contributed by atoms with Crippen LogP contribution in [0, 0.1) is 18.3 Å². The van der Waals surface area contributed by atoms with Gasteiger partial charge in [-0.15, -0.1) is 11.8 Å². The number of nitrogens with zero attached hydrogens (tertiary/aromatic N) is 2. The predicted octanol–water partition coefficient (Wildman–Crippen LogP) is 9.00. The Kier molecular flexibility index (Phi) is 5.93. The zero-order chi connectivity index (χ0) is 27.7. The molecule has 196 valence electrons. The first kappa shape index (κ1) is 25.7. The van der Waals surface area contributed by atoms with Crippen LogP contribution in [-0.2, 0) is 17.9 Å². The van der Waals surface area contributed by atoms with Crippen molar-refractivity contribution in [3.05, 3.63) is 83.0 Å². The molecule has 0 saturated carbocycles. The number of aryl methyl sites for hydroxylation is 2. The molecule has 3 nitrogen and oxygen atoms in total. The second-order valence-corrected chi connectivity index (χ2v) is 13.1. The van der Waals surface area contributed by atoms with E-state index in [9.17, 15) is 5.26 Å². The lowest BCUT2D eigenvalue weighted by atomic mass is 9.63. The van der Waals surface area contributed by atoms with E-state index in [1.54, 1.807) is 11.8 Å². The number of rotatable bonds is 3. The first-order chi connectivity index (χ1) is 18.6. The van der Waals surface area contributed by atoms with E-state index in [4.69, 9.17) is 4.42 Å². The van der Waals surface area contributed by atoms with E-state index in [0.29, 0.717) is 5.56 Å². The Labute approximate surface area is 235 Å². The van der Waals surface area contributed by atoms with Gasteiger partial charge in [-0.1, -0.05) is 58.0 Å². The molecule has 0 spiro atoms. The number of nitriles is 1. The quantitative estimate of drug-likeness (QED) is 0.172. The van der Waals surface area contributed by atoms with Gasteiger partial charge in [0, 0.05) is 33.4 Å². The van der Waals surface area contributed by atoms with Crippen LogP contribution < -0.4 is 4.57 Å². The van der Waals surface area contributed by atoms with Crippen LogP contribution >= 0.6 is 11.8 Å². The molecule has 0 aliphatic heterocycles. The van der Waals surface area contributed by atoms with Crippen molar-refractivity contribution in [2.75, 3.05) is 6.26 Å². The maximum absolute atomic E-state index is 10.5. The standard InChI is InChI=1S/C35H35N2OS/c1-21-11-13-23-24-19-29(39-7)25(20-36)31(33(24)38-32(23)30(21)28-10-8-9-17-37(28)6)22-12-14-26-27(18-22)35(4,5)16-15-34(26,2)3/h8-14,17-19H,15-16H2,1-7H3/q+1. The lowest BCUT2D eigenvalue weighted by Crippen LogP contribution is -2.33. The van der Waals surface area contributed by atoms with E-state index in [2.05, 4.69) is 107 Å². The molecular formula is C35H35N2OS+. The summed E-state index contributed by atoms with van der Waals surface area (Å²) >= 11 is 1.62. The third-order valence-corrected chi connectivity index (χ3v) is 9.65. The molecule has 2 heterocycles. The van der Waals surface area contributed by atoms with E-state index in [0.717, 1.165) is 61.2 Å². The number of furan rings is 1. The van der Waals surface area contributed by atoms with E-state index < -0.39 is 0 Å². The van der Waals surface area contributed by atoms with Crippen LogP contribution in [0.2, 0.25) is 0 Å². The van der Waals surface area contributed by atoms with Gasteiger partial charge in [0.05, 0.1) is 11.1 Å². The summed E-state index contributed by atoms with van der Waals surface area (Å²) in [6, 6.07) is 22.1. The molecule has 6 rings (SSSR count). The van der Waals surface area contributed by atoms with Crippen molar-refractivity contribution >= 4 is 33.7 Å². The van der Waals surface area contributed by atoms with Gasteiger partial charge in [0.15, 0.2) is 6.20 Å². The van der Waals surface area contributed by atoms with Crippen LogP contribution in [0.4, 0.5) is 0 Å². The zero-order valence-electron chi connectivity index (χ0n) is 23.9. The summed E-state index contributed by atoms with van der Waals surface area (Å²) in [5.74, 6) is 0. The van der Waals surface area contributed by atoms with Gasteiger partial charge >= 0.3 is 0 Å². The summed E-state index contributed by atoms with van der Waals surface area (Å²) in [5.41, 5.74) is 10.7. The highest BCUT2D eigenvalue weighted by atomic mass is 32.2. The Morgan fingerprint density at radius 3 is 2.28 bits per heavy atom. The monoisotopic (exact) mass is 531 g/mol. The van der Waals surface area contributed by atoms with Crippen LogP contribution in [-0.4, -0.2) is 6.26 Å². The molecule has 3 aromatic carbocycles. The zero-order valence-corrected chi connectivity index (χ0v) is 24.7. The molecule has 0 fully saturated rings. The molecule has 0 N–H and O–H groups in total. The molecule has 0 amide bonds. The van der Waals surface area contributed by atoms with E-state index >= 15 is 0 Å². The fourth-order valence-electron chi connectivity index (χ4n) is 6.44. The van der Waals surface area contributed by atoms with Gasteiger partial charge in [-0.05, 0) is 71.2 Å². The minimum absolute atomic E-state index is 0.0735. The number of benzene rings is 3. The highest BCUT2D eigenvalue weighted by Crippen LogP contribution is 2.49. The van der Waals surface area contributed by atoms with Crippen molar-refractivity contribution in [3.63, 3.8) is 0 Å². The smallest absolute Gasteiger partial charge is 0.216 e. The number of fused-ring (bicyclic) bond motifs is 4. The maximum atomic E-state index is 10.5.